The number of aliphatic imine (C=N–C) groups is 1. The third-order valence-corrected chi connectivity index (χ3v) is 6.86. The minimum atomic E-state index is 0.104. The normalized spacial score (nSPS) is 25.3. The standard InChI is InChI=1S/C24H31N5O/c1-16-12-17(15-29(14-16)24(30)27-18-7-10-28(2)11-8-18)19-5-6-21(22-13-26-22)23-20(19)4-3-9-25-23/h3-6,9,16-18H,7-8,10-15H2,1-2H3,(H,27,30)/t16-,17+/m1/s1. The Hall–Kier alpha value is -2.47. The Labute approximate surface area is 178 Å². The Morgan fingerprint density at radius 1 is 1.17 bits per heavy atom. The number of hydrogen-bond acceptors (Lipinski definition) is 4. The van der Waals surface area contributed by atoms with Crippen LogP contribution in [0, 0.1) is 5.92 Å². The number of nitrogens with zero attached hydrogens (tertiary/aromatic N) is 4. The first-order chi connectivity index (χ1) is 14.6. The first kappa shape index (κ1) is 19.5. The minimum Gasteiger partial charge on any atom is -0.335 e. The lowest BCUT2D eigenvalue weighted by Crippen LogP contribution is -2.52. The average molecular weight is 406 g/mol. The van der Waals surface area contributed by atoms with Crippen molar-refractivity contribution in [3.63, 3.8) is 0 Å². The van der Waals surface area contributed by atoms with Gasteiger partial charge in [0.2, 0.25) is 0 Å². The van der Waals surface area contributed by atoms with Gasteiger partial charge in [0.05, 0.1) is 17.8 Å². The molecule has 0 bridgehead atoms. The van der Waals surface area contributed by atoms with Crippen molar-refractivity contribution in [3.05, 3.63) is 41.6 Å². The number of nitrogens with one attached hydrogen (secondary N) is 1. The van der Waals surface area contributed by atoms with Crippen LogP contribution in [-0.4, -0.2) is 72.3 Å². The van der Waals surface area contributed by atoms with E-state index < -0.39 is 0 Å². The quantitative estimate of drug-likeness (QED) is 0.853. The number of amides is 2. The van der Waals surface area contributed by atoms with Gasteiger partial charge in [-0.2, -0.15) is 0 Å². The van der Waals surface area contributed by atoms with E-state index in [2.05, 4.69) is 52.4 Å². The summed E-state index contributed by atoms with van der Waals surface area (Å²) in [5, 5.41) is 4.51. The number of fused-ring (bicyclic) bond motifs is 1. The van der Waals surface area contributed by atoms with Crippen molar-refractivity contribution < 1.29 is 4.79 Å². The molecular weight excluding hydrogens is 374 g/mol. The third kappa shape index (κ3) is 3.93. The van der Waals surface area contributed by atoms with Crippen LogP contribution in [0.3, 0.4) is 0 Å². The molecule has 0 saturated carbocycles. The predicted molar refractivity (Wildman–Crippen MR) is 120 cm³/mol. The first-order valence-electron chi connectivity index (χ1n) is 11.2. The summed E-state index contributed by atoms with van der Waals surface area (Å²) >= 11 is 0. The van der Waals surface area contributed by atoms with E-state index >= 15 is 0 Å². The van der Waals surface area contributed by atoms with Crippen molar-refractivity contribution in [3.8, 4) is 0 Å². The number of aromatic nitrogens is 1. The largest absolute Gasteiger partial charge is 0.335 e. The number of rotatable bonds is 3. The van der Waals surface area contributed by atoms with Gasteiger partial charge in [-0.3, -0.25) is 9.98 Å². The van der Waals surface area contributed by atoms with Crippen molar-refractivity contribution in [2.24, 2.45) is 10.9 Å². The van der Waals surface area contributed by atoms with Gasteiger partial charge >= 0.3 is 6.03 Å². The highest BCUT2D eigenvalue weighted by atomic mass is 16.2. The first-order valence-corrected chi connectivity index (χ1v) is 11.2. The summed E-state index contributed by atoms with van der Waals surface area (Å²) in [6.45, 7) is 6.81. The van der Waals surface area contributed by atoms with Gasteiger partial charge in [-0.25, -0.2) is 4.79 Å². The van der Waals surface area contributed by atoms with Crippen molar-refractivity contribution in [1.29, 1.82) is 0 Å². The van der Waals surface area contributed by atoms with Crippen LogP contribution < -0.4 is 5.32 Å². The molecule has 3 aliphatic heterocycles. The van der Waals surface area contributed by atoms with E-state index in [-0.39, 0.29) is 6.03 Å². The van der Waals surface area contributed by atoms with Crippen molar-refractivity contribution in [2.75, 3.05) is 39.8 Å². The lowest BCUT2D eigenvalue weighted by Gasteiger charge is -2.38. The van der Waals surface area contributed by atoms with Gasteiger partial charge in [-0.1, -0.05) is 25.1 Å². The molecule has 30 heavy (non-hydrogen) atoms. The molecule has 2 fully saturated rings. The summed E-state index contributed by atoms with van der Waals surface area (Å²) in [6, 6.07) is 9.02. The number of hydrogen-bond donors (Lipinski definition) is 1. The summed E-state index contributed by atoms with van der Waals surface area (Å²) in [5.41, 5.74) is 4.68. The van der Waals surface area contributed by atoms with Gasteiger partial charge in [0.1, 0.15) is 0 Å². The van der Waals surface area contributed by atoms with E-state index in [0.29, 0.717) is 17.9 Å². The number of carbonyl (C=O) groups is 1. The SMILES string of the molecule is C[C@@H]1C[C@H](c2ccc(C3=NC3)c3ncccc23)CN(C(=O)NC2CCN(C)CC2)C1. The third-order valence-electron chi connectivity index (χ3n) is 6.86. The Kier molecular flexibility index (Phi) is 5.19. The molecule has 0 aliphatic carbocycles. The zero-order valence-corrected chi connectivity index (χ0v) is 18.0. The van der Waals surface area contributed by atoms with E-state index in [1.807, 2.05) is 17.2 Å². The summed E-state index contributed by atoms with van der Waals surface area (Å²) in [4.78, 5) is 26.5. The minimum absolute atomic E-state index is 0.104. The van der Waals surface area contributed by atoms with Gasteiger partial charge in [-0.15, -0.1) is 0 Å². The van der Waals surface area contributed by atoms with Crippen molar-refractivity contribution in [1.82, 2.24) is 20.1 Å². The number of likely N-dealkylation sites (tertiary alicyclic amines) is 2. The van der Waals surface area contributed by atoms with Crippen LogP contribution in [0.5, 0.6) is 0 Å². The van der Waals surface area contributed by atoms with Gasteiger partial charge in [-0.05, 0) is 56.9 Å². The number of urea groups is 1. The fourth-order valence-electron chi connectivity index (χ4n) is 5.15. The Morgan fingerprint density at radius 2 is 1.97 bits per heavy atom. The average Bonchev–Trinajstić information content (AvgIpc) is 3.59. The molecule has 0 unspecified atom stereocenters. The molecule has 2 saturated heterocycles. The summed E-state index contributed by atoms with van der Waals surface area (Å²) in [7, 11) is 2.15. The Bertz CT molecular complexity index is 979. The van der Waals surface area contributed by atoms with Crippen molar-refractivity contribution in [2.45, 2.75) is 38.1 Å². The second kappa shape index (κ2) is 7.99. The second-order valence-corrected chi connectivity index (χ2v) is 9.33. The Morgan fingerprint density at radius 3 is 2.73 bits per heavy atom. The van der Waals surface area contributed by atoms with E-state index in [4.69, 9.17) is 0 Å². The molecule has 6 nitrogen and oxygen atoms in total. The fourth-order valence-corrected chi connectivity index (χ4v) is 5.15. The maximum Gasteiger partial charge on any atom is 0.317 e. The van der Waals surface area contributed by atoms with E-state index in [9.17, 15) is 4.79 Å². The van der Waals surface area contributed by atoms with Crippen LogP contribution >= 0.6 is 0 Å². The van der Waals surface area contributed by atoms with E-state index in [1.54, 1.807) is 0 Å². The molecule has 2 amide bonds. The highest BCUT2D eigenvalue weighted by molar-refractivity contribution is 6.17. The lowest BCUT2D eigenvalue weighted by atomic mass is 9.83. The summed E-state index contributed by atoms with van der Waals surface area (Å²) in [6.07, 6.45) is 5.04. The molecule has 0 radical (unpaired) electrons. The van der Waals surface area contributed by atoms with Crippen LogP contribution in [-0.2, 0) is 0 Å². The topological polar surface area (TPSA) is 60.8 Å². The molecule has 5 rings (SSSR count). The number of piperidine rings is 2. The monoisotopic (exact) mass is 405 g/mol. The zero-order valence-electron chi connectivity index (χ0n) is 18.0. The van der Waals surface area contributed by atoms with Crippen LogP contribution in [0.2, 0.25) is 0 Å². The zero-order chi connectivity index (χ0) is 20.7. The highest BCUT2D eigenvalue weighted by Gasteiger charge is 2.31. The summed E-state index contributed by atoms with van der Waals surface area (Å²) in [5.74, 6) is 0.810. The molecule has 2 aromatic rings. The molecule has 1 aromatic heterocycles. The second-order valence-electron chi connectivity index (χ2n) is 9.33. The molecular formula is C24H31N5O. The molecule has 4 heterocycles. The van der Waals surface area contributed by atoms with Crippen LogP contribution in [0.1, 0.15) is 43.2 Å². The molecule has 6 heteroatoms. The fraction of sp³-hybridized carbons (Fsp3) is 0.542. The molecule has 2 atom stereocenters. The maximum atomic E-state index is 13.1. The predicted octanol–water partition coefficient (Wildman–Crippen LogP) is 3.27. The van der Waals surface area contributed by atoms with Crippen LogP contribution in [0.25, 0.3) is 10.9 Å². The van der Waals surface area contributed by atoms with Crippen molar-refractivity contribution >= 4 is 22.6 Å². The van der Waals surface area contributed by atoms with E-state index in [0.717, 1.165) is 68.8 Å². The summed E-state index contributed by atoms with van der Waals surface area (Å²) < 4.78 is 0. The van der Waals surface area contributed by atoms with Crippen LogP contribution in [0.4, 0.5) is 4.79 Å². The molecule has 1 N–H and O–H groups in total. The number of pyridine rings is 1. The Balaban J connectivity index is 1.36. The maximum absolute atomic E-state index is 13.1. The number of carbonyl (C=O) groups excluding carboxylic acids is 1. The van der Waals surface area contributed by atoms with Gasteiger partial charge < -0.3 is 15.1 Å². The van der Waals surface area contributed by atoms with E-state index in [1.165, 1.54) is 10.9 Å². The number of benzene rings is 1. The van der Waals surface area contributed by atoms with Gasteiger partial charge in [0.15, 0.2) is 0 Å². The smallest absolute Gasteiger partial charge is 0.317 e. The molecule has 158 valence electrons. The molecule has 3 aliphatic rings. The lowest BCUT2D eigenvalue weighted by molar-refractivity contribution is 0.150. The molecule has 0 spiro atoms. The van der Waals surface area contributed by atoms with Gasteiger partial charge in [0.25, 0.3) is 0 Å². The highest BCUT2D eigenvalue weighted by Crippen LogP contribution is 2.35. The van der Waals surface area contributed by atoms with Crippen LogP contribution in [0.15, 0.2) is 35.5 Å². The molecule has 1 aromatic carbocycles. The van der Waals surface area contributed by atoms with Gasteiger partial charge in [0, 0.05) is 42.2 Å².